The van der Waals surface area contributed by atoms with E-state index in [-0.39, 0.29) is 35.3 Å². The Kier molecular flexibility index (Phi) is 12.3. The molecule has 0 bridgehead atoms. The summed E-state index contributed by atoms with van der Waals surface area (Å²) in [6.45, 7) is 15.1. The summed E-state index contributed by atoms with van der Waals surface area (Å²) < 4.78 is 5.80. The SMILES string of the molecule is CCNC(=NCC(C)(C)c1ccc(OCC(C)C)cc1)NC1CCN(CC(N)=O)CC1.I. The van der Waals surface area contributed by atoms with Crippen molar-refractivity contribution in [3.8, 4) is 5.75 Å². The van der Waals surface area contributed by atoms with Crippen LogP contribution in [0.5, 0.6) is 5.75 Å². The first-order valence-electron chi connectivity index (χ1n) is 11.5. The topological polar surface area (TPSA) is 92.0 Å². The van der Waals surface area contributed by atoms with Crippen LogP contribution in [0.4, 0.5) is 0 Å². The second-order valence-corrected chi connectivity index (χ2v) is 9.47. The lowest BCUT2D eigenvalue weighted by Crippen LogP contribution is -2.50. The van der Waals surface area contributed by atoms with Gasteiger partial charge in [-0.05, 0) is 43.4 Å². The minimum absolute atomic E-state index is 0. The molecule has 8 heteroatoms. The van der Waals surface area contributed by atoms with Crippen LogP contribution in [0.3, 0.4) is 0 Å². The summed E-state index contributed by atoms with van der Waals surface area (Å²) in [6, 6.07) is 8.72. The number of nitrogens with one attached hydrogen (secondary N) is 2. The Balaban J connectivity index is 0.00000512. The van der Waals surface area contributed by atoms with E-state index in [1.807, 2.05) is 12.1 Å². The Labute approximate surface area is 211 Å². The van der Waals surface area contributed by atoms with Gasteiger partial charge in [-0.25, -0.2) is 0 Å². The van der Waals surface area contributed by atoms with Crippen molar-refractivity contribution in [1.82, 2.24) is 15.5 Å². The fourth-order valence-electron chi connectivity index (χ4n) is 3.60. The number of carbonyl (C=O) groups is 1. The van der Waals surface area contributed by atoms with Crippen molar-refractivity contribution >= 4 is 35.8 Å². The minimum Gasteiger partial charge on any atom is -0.493 e. The fraction of sp³-hybridized carbons (Fsp3) is 0.667. The number of amides is 1. The molecule has 0 saturated carbocycles. The average molecular weight is 560 g/mol. The zero-order valence-corrected chi connectivity index (χ0v) is 22.6. The van der Waals surface area contributed by atoms with Crippen molar-refractivity contribution in [2.45, 2.75) is 58.9 Å². The van der Waals surface area contributed by atoms with Gasteiger partial charge in [-0.15, -0.1) is 24.0 Å². The molecule has 0 aromatic heterocycles. The van der Waals surface area contributed by atoms with Gasteiger partial charge in [0.05, 0.1) is 19.7 Å². The van der Waals surface area contributed by atoms with Gasteiger partial charge in [-0.2, -0.15) is 0 Å². The number of ether oxygens (including phenoxy) is 1. The van der Waals surface area contributed by atoms with Gasteiger partial charge in [-0.3, -0.25) is 14.7 Å². The third kappa shape index (κ3) is 9.94. The Hall–Kier alpha value is -1.55. The van der Waals surface area contributed by atoms with E-state index in [1.54, 1.807) is 0 Å². The molecule has 1 fully saturated rings. The van der Waals surface area contributed by atoms with Gasteiger partial charge in [0.25, 0.3) is 0 Å². The number of nitrogens with zero attached hydrogens (tertiary/aromatic N) is 2. The predicted octanol–water partition coefficient (Wildman–Crippen LogP) is 3.12. The van der Waals surface area contributed by atoms with E-state index in [2.05, 4.69) is 62.3 Å². The molecule has 2 rings (SSSR count). The van der Waals surface area contributed by atoms with E-state index in [0.717, 1.165) is 50.8 Å². The molecule has 182 valence electrons. The van der Waals surface area contributed by atoms with Crippen LogP contribution in [-0.4, -0.2) is 62.1 Å². The highest BCUT2D eigenvalue weighted by Gasteiger charge is 2.23. The number of guanidine groups is 1. The molecule has 1 saturated heterocycles. The van der Waals surface area contributed by atoms with E-state index in [9.17, 15) is 4.79 Å². The van der Waals surface area contributed by atoms with Gasteiger partial charge in [-0.1, -0.05) is 39.8 Å². The number of benzene rings is 1. The van der Waals surface area contributed by atoms with Crippen molar-refractivity contribution < 1.29 is 9.53 Å². The molecule has 1 amide bonds. The summed E-state index contributed by atoms with van der Waals surface area (Å²) in [6.07, 6.45) is 1.94. The van der Waals surface area contributed by atoms with Crippen LogP contribution in [0, 0.1) is 5.92 Å². The van der Waals surface area contributed by atoms with Crippen LogP contribution in [0.25, 0.3) is 0 Å². The highest BCUT2D eigenvalue weighted by atomic mass is 127. The monoisotopic (exact) mass is 559 g/mol. The number of halogens is 1. The van der Waals surface area contributed by atoms with Gasteiger partial charge < -0.3 is 21.1 Å². The van der Waals surface area contributed by atoms with E-state index in [0.29, 0.717) is 25.0 Å². The molecule has 0 aliphatic carbocycles. The van der Waals surface area contributed by atoms with Crippen LogP contribution in [-0.2, 0) is 10.2 Å². The first-order valence-corrected chi connectivity index (χ1v) is 11.5. The quantitative estimate of drug-likeness (QED) is 0.233. The molecule has 4 N–H and O–H groups in total. The largest absolute Gasteiger partial charge is 0.493 e. The Morgan fingerprint density at radius 3 is 2.41 bits per heavy atom. The van der Waals surface area contributed by atoms with Crippen molar-refractivity contribution in [2.24, 2.45) is 16.6 Å². The molecule has 0 atom stereocenters. The summed E-state index contributed by atoms with van der Waals surface area (Å²) in [5.41, 5.74) is 6.46. The minimum atomic E-state index is -0.261. The normalized spacial score (nSPS) is 15.9. The molecule has 1 aliphatic heterocycles. The zero-order valence-electron chi connectivity index (χ0n) is 20.3. The molecule has 7 nitrogen and oxygen atoms in total. The molecular weight excluding hydrogens is 517 g/mol. The van der Waals surface area contributed by atoms with Gasteiger partial charge in [0, 0.05) is 31.1 Å². The number of likely N-dealkylation sites (tertiary alicyclic amines) is 1. The first-order chi connectivity index (χ1) is 14.7. The molecule has 1 aromatic rings. The second-order valence-electron chi connectivity index (χ2n) is 9.47. The molecule has 0 radical (unpaired) electrons. The Bertz CT molecular complexity index is 714. The lowest BCUT2D eigenvalue weighted by molar-refractivity contribution is -0.119. The second kappa shape index (κ2) is 13.9. The molecule has 0 unspecified atom stereocenters. The Morgan fingerprint density at radius 1 is 1.25 bits per heavy atom. The maximum atomic E-state index is 11.1. The van der Waals surface area contributed by atoms with Crippen LogP contribution < -0.4 is 21.1 Å². The number of primary amides is 1. The number of aliphatic imine (C=N–C) groups is 1. The van der Waals surface area contributed by atoms with Gasteiger partial charge in [0.15, 0.2) is 5.96 Å². The third-order valence-electron chi connectivity index (χ3n) is 5.50. The number of hydrogen-bond donors (Lipinski definition) is 3. The van der Waals surface area contributed by atoms with Crippen molar-refractivity contribution in [1.29, 1.82) is 0 Å². The number of hydrogen-bond acceptors (Lipinski definition) is 4. The predicted molar refractivity (Wildman–Crippen MR) is 143 cm³/mol. The van der Waals surface area contributed by atoms with E-state index < -0.39 is 0 Å². The highest BCUT2D eigenvalue weighted by molar-refractivity contribution is 14.0. The Morgan fingerprint density at radius 2 is 1.88 bits per heavy atom. The highest BCUT2D eigenvalue weighted by Crippen LogP contribution is 2.26. The van der Waals surface area contributed by atoms with Crippen molar-refractivity contribution in [3.63, 3.8) is 0 Å². The summed E-state index contributed by atoms with van der Waals surface area (Å²) in [4.78, 5) is 18.1. The van der Waals surface area contributed by atoms with E-state index in [1.165, 1.54) is 5.56 Å². The van der Waals surface area contributed by atoms with Gasteiger partial charge in [0.1, 0.15) is 5.75 Å². The zero-order chi connectivity index (χ0) is 22.9. The van der Waals surface area contributed by atoms with Crippen molar-refractivity contribution in [3.05, 3.63) is 29.8 Å². The number of nitrogens with two attached hydrogens (primary N) is 1. The summed E-state index contributed by atoms with van der Waals surface area (Å²) in [7, 11) is 0. The summed E-state index contributed by atoms with van der Waals surface area (Å²) in [5.74, 6) is 2.01. The molecule has 32 heavy (non-hydrogen) atoms. The number of rotatable bonds is 10. The van der Waals surface area contributed by atoms with Crippen LogP contribution in [0.15, 0.2) is 29.3 Å². The van der Waals surface area contributed by atoms with Gasteiger partial charge >= 0.3 is 0 Å². The molecular formula is C24H42IN5O2. The smallest absolute Gasteiger partial charge is 0.231 e. The van der Waals surface area contributed by atoms with E-state index in [4.69, 9.17) is 15.5 Å². The number of piperidine rings is 1. The third-order valence-corrected chi connectivity index (χ3v) is 5.50. The molecule has 0 spiro atoms. The molecule has 1 heterocycles. The lowest BCUT2D eigenvalue weighted by atomic mass is 9.85. The van der Waals surface area contributed by atoms with Crippen LogP contribution >= 0.6 is 24.0 Å². The maximum Gasteiger partial charge on any atom is 0.231 e. The molecule has 1 aliphatic rings. The summed E-state index contributed by atoms with van der Waals surface area (Å²) in [5, 5.41) is 6.93. The average Bonchev–Trinajstić information content (AvgIpc) is 2.72. The maximum absolute atomic E-state index is 11.1. The lowest BCUT2D eigenvalue weighted by Gasteiger charge is -2.32. The number of carbonyl (C=O) groups excluding carboxylic acids is 1. The van der Waals surface area contributed by atoms with E-state index >= 15 is 0 Å². The van der Waals surface area contributed by atoms with Crippen LogP contribution in [0.1, 0.15) is 53.0 Å². The standard InChI is InChI=1S/C24H41N5O2.HI/c1-6-26-23(28-20-11-13-29(14-12-20)15-22(25)30)27-17-24(4,5)19-7-9-21(10-8-19)31-16-18(2)3;/h7-10,18,20H,6,11-17H2,1-5H3,(H2,25,30)(H2,26,27,28);1H. The first kappa shape index (κ1) is 28.5. The fourth-order valence-corrected chi connectivity index (χ4v) is 3.60. The molecule has 1 aromatic carbocycles. The van der Waals surface area contributed by atoms with Crippen molar-refractivity contribution in [2.75, 3.05) is 39.3 Å². The summed E-state index contributed by atoms with van der Waals surface area (Å²) >= 11 is 0. The van der Waals surface area contributed by atoms with Gasteiger partial charge in [0.2, 0.25) is 5.91 Å². The van der Waals surface area contributed by atoms with Crippen LogP contribution in [0.2, 0.25) is 0 Å².